The van der Waals surface area contributed by atoms with E-state index in [0.29, 0.717) is 0 Å². The van der Waals surface area contributed by atoms with Gasteiger partial charge in [-0.05, 0) is 26.8 Å². The Kier molecular flexibility index (Phi) is 4.36. The Balaban J connectivity index is 2.16. The molecule has 2 rings (SSSR count). The Morgan fingerprint density at radius 3 is 2.70 bits per heavy atom. The number of nitrogens with zero attached hydrogens (tertiary/aromatic N) is 5. The lowest BCUT2D eigenvalue weighted by molar-refractivity contribution is -0.118. The van der Waals surface area contributed by atoms with Crippen LogP contribution < -0.4 is 5.73 Å². The SMILES string of the molecule is C/C(N)=C(/C#N)C(=O)COC(=O)c1nc2nc(C)cc(C)n2n1. The van der Waals surface area contributed by atoms with Crippen molar-refractivity contribution < 1.29 is 14.3 Å². The van der Waals surface area contributed by atoms with Crippen LogP contribution in [0.5, 0.6) is 0 Å². The molecular weight excluding hydrogens is 300 g/mol. The molecule has 0 bridgehead atoms. The lowest BCUT2D eigenvalue weighted by atomic mass is 10.1. The van der Waals surface area contributed by atoms with E-state index in [9.17, 15) is 9.59 Å². The molecule has 0 aromatic carbocycles. The van der Waals surface area contributed by atoms with Gasteiger partial charge < -0.3 is 10.5 Å². The third-order valence-electron chi connectivity index (χ3n) is 2.92. The molecule has 2 aromatic rings. The maximum Gasteiger partial charge on any atom is 0.378 e. The van der Waals surface area contributed by atoms with E-state index < -0.39 is 18.4 Å². The zero-order valence-electron chi connectivity index (χ0n) is 12.8. The molecule has 0 aliphatic heterocycles. The van der Waals surface area contributed by atoms with Crippen molar-refractivity contribution in [1.82, 2.24) is 19.6 Å². The fourth-order valence-corrected chi connectivity index (χ4v) is 1.89. The van der Waals surface area contributed by atoms with Crippen LogP contribution in [0.3, 0.4) is 0 Å². The summed E-state index contributed by atoms with van der Waals surface area (Å²) in [6, 6.07) is 3.45. The molecule has 0 unspecified atom stereocenters. The van der Waals surface area contributed by atoms with Crippen LogP contribution in [0.15, 0.2) is 17.3 Å². The van der Waals surface area contributed by atoms with Crippen molar-refractivity contribution >= 4 is 17.5 Å². The lowest BCUT2D eigenvalue weighted by Gasteiger charge is -2.01. The predicted molar refractivity (Wildman–Crippen MR) is 78.0 cm³/mol. The summed E-state index contributed by atoms with van der Waals surface area (Å²) in [5, 5.41) is 12.8. The van der Waals surface area contributed by atoms with E-state index in [0.717, 1.165) is 11.4 Å². The highest BCUT2D eigenvalue weighted by Crippen LogP contribution is 2.07. The third-order valence-corrected chi connectivity index (χ3v) is 2.92. The fourth-order valence-electron chi connectivity index (χ4n) is 1.89. The Bertz CT molecular complexity index is 871. The minimum Gasteiger partial charge on any atom is -0.451 e. The maximum absolute atomic E-state index is 11.9. The molecule has 0 radical (unpaired) electrons. The molecule has 0 saturated carbocycles. The molecule has 0 aliphatic rings. The van der Waals surface area contributed by atoms with E-state index in [1.165, 1.54) is 11.4 Å². The number of fused-ring (bicyclic) bond motifs is 1. The molecule has 9 heteroatoms. The molecule has 0 saturated heterocycles. The van der Waals surface area contributed by atoms with E-state index in [4.69, 9.17) is 15.7 Å². The third kappa shape index (κ3) is 3.32. The summed E-state index contributed by atoms with van der Waals surface area (Å²) in [5.41, 5.74) is 6.72. The van der Waals surface area contributed by atoms with Gasteiger partial charge in [0.05, 0.1) is 0 Å². The first kappa shape index (κ1) is 16.1. The monoisotopic (exact) mass is 314 g/mol. The van der Waals surface area contributed by atoms with E-state index in [1.54, 1.807) is 26.0 Å². The van der Waals surface area contributed by atoms with E-state index in [-0.39, 0.29) is 22.9 Å². The number of aryl methyl sites for hydroxylation is 2. The normalized spacial score (nSPS) is 11.7. The molecule has 0 aliphatic carbocycles. The Morgan fingerprint density at radius 1 is 1.39 bits per heavy atom. The predicted octanol–water partition coefficient (Wildman–Crippen LogP) is 0.223. The Morgan fingerprint density at radius 2 is 2.09 bits per heavy atom. The van der Waals surface area contributed by atoms with Gasteiger partial charge in [0, 0.05) is 17.1 Å². The Labute approximate surface area is 131 Å². The second-order valence-corrected chi connectivity index (χ2v) is 4.86. The number of nitriles is 1. The zero-order chi connectivity index (χ0) is 17.1. The van der Waals surface area contributed by atoms with E-state index in [1.807, 2.05) is 0 Å². The second kappa shape index (κ2) is 6.23. The first-order valence-electron chi connectivity index (χ1n) is 6.61. The second-order valence-electron chi connectivity index (χ2n) is 4.86. The van der Waals surface area contributed by atoms with Crippen molar-refractivity contribution in [3.8, 4) is 6.07 Å². The number of ketones is 1. The molecular formula is C14H14N6O3. The van der Waals surface area contributed by atoms with Crippen LogP contribution in [0, 0.1) is 25.2 Å². The van der Waals surface area contributed by atoms with E-state index in [2.05, 4.69) is 15.1 Å². The van der Waals surface area contributed by atoms with Gasteiger partial charge in [0.2, 0.25) is 5.78 Å². The van der Waals surface area contributed by atoms with Crippen molar-refractivity contribution in [3.05, 3.63) is 34.5 Å². The summed E-state index contributed by atoms with van der Waals surface area (Å²) in [7, 11) is 0. The van der Waals surface area contributed by atoms with Crippen molar-refractivity contribution in [2.45, 2.75) is 20.8 Å². The van der Waals surface area contributed by atoms with Gasteiger partial charge in [-0.15, -0.1) is 5.10 Å². The number of esters is 1. The number of hydrogen-bond acceptors (Lipinski definition) is 8. The highest BCUT2D eigenvalue weighted by Gasteiger charge is 2.19. The molecule has 0 spiro atoms. The highest BCUT2D eigenvalue weighted by molar-refractivity contribution is 6.01. The lowest BCUT2D eigenvalue weighted by Crippen LogP contribution is -2.18. The van der Waals surface area contributed by atoms with Crippen molar-refractivity contribution in [2.24, 2.45) is 5.73 Å². The number of allylic oxidation sites excluding steroid dienone is 1. The topological polar surface area (TPSA) is 136 Å². The van der Waals surface area contributed by atoms with Gasteiger partial charge in [-0.2, -0.15) is 10.2 Å². The molecule has 23 heavy (non-hydrogen) atoms. The highest BCUT2D eigenvalue weighted by atomic mass is 16.5. The summed E-state index contributed by atoms with van der Waals surface area (Å²) in [6.45, 7) is 4.39. The number of carbonyl (C=O) groups is 2. The molecule has 0 amide bonds. The van der Waals surface area contributed by atoms with Gasteiger partial charge in [-0.25, -0.2) is 14.3 Å². The number of nitrogens with two attached hydrogens (primary N) is 1. The van der Waals surface area contributed by atoms with Crippen LogP contribution in [0.2, 0.25) is 0 Å². The zero-order valence-corrected chi connectivity index (χ0v) is 12.8. The molecule has 118 valence electrons. The van der Waals surface area contributed by atoms with Gasteiger partial charge in [0.25, 0.3) is 11.6 Å². The smallest absolute Gasteiger partial charge is 0.378 e. The van der Waals surface area contributed by atoms with Crippen molar-refractivity contribution in [1.29, 1.82) is 5.26 Å². The van der Waals surface area contributed by atoms with Gasteiger partial charge in [0.1, 0.15) is 11.6 Å². The minimum absolute atomic E-state index is 0.0645. The quantitative estimate of drug-likeness (QED) is 0.481. The number of hydrogen-bond donors (Lipinski definition) is 1. The molecule has 9 nitrogen and oxygen atoms in total. The van der Waals surface area contributed by atoms with Crippen LogP contribution in [0.25, 0.3) is 5.78 Å². The standard InChI is InChI=1S/C14H14N6O3/c1-7-4-8(2)20-14(17-7)18-12(19-20)13(22)23-6-11(21)10(5-15)9(3)16/h4H,6,16H2,1-3H3/b10-9+. The fraction of sp³-hybridized carbons (Fsp3) is 0.286. The Hall–Kier alpha value is -3.28. The van der Waals surface area contributed by atoms with Gasteiger partial charge in [-0.1, -0.05) is 0 Å². The molecule has 2 heterocycles. The average Bonchev–Trinajstić information content (AvgIpc) is 2.89. The number of ether oxygens (including phenoxy) is 1. The van der Waals surface area contributed by atoms with Crippen LogP contribution in [-0.2, 0) is 9.53 Å². The number of aromatic nitrogens is 4. The van der Waals surface area contributed by atoms with Crippen LogP contribution in [0.1, 0.15) is 28.9 Å². The van der Waals surface area contributed by atoms with Gasteiger partial charge in [0.15, 0.2) is 6.61 Å². The van der Waals surface area contributed by atoms with E-state index >= 15 is 0 Å². The molecule has 0 fully saturated rings. The largest absolute Gasteiger partial charge is 0.451 e. The summed E-state index contributed by atoms with van der Waals surface area (Å²) in [4.78, 5) is 31.8. The minimum atomic E-state index is -0.882. The first-order valence-corrected chi connectivity index (χ1v) is 6.61. The maximum atomic E-state index is 11.9. The number of carbonyl (C=O) groups excluding carboxylic acids is 2. The summed E-state index contributed by atoms with van der Waals surface area (Å²) < 4.78 is 6.23. The van der Waals surface area contributed by atoms with Gasteiger partial charge in [-0.3, -0.25) is 4.79 Å². The van der Waals surface area contributed by atoms with Crippen LogP contribution in [0.4, 0.5) is 0 Å². The molecule has 0 atom stereocenters. The average molecular weight is 314 g/mol. The molecule has 2 N–H and O–H groups in total. The van der Waals surface area contributed by atoms with Crippen molar-refractivity contribution in [2.75, 3.05) is 6.61 Å². The number of rotatable bonds is 4. The first-order chi connectivity index (χ1) is 10.8. The van der Waals surface area contributed by atoms with Crippen LogP contribution >= 0.6 is 0 Å². The summed E-state index contributed by atoms with van der Waals surface area (Å²) >= 11 is 0. The summed E-state index contributed by atoms with van der Waals surface area (Å²) in [6.07, 6.45) is 0. The van der Waals surface area contributed by atoms with Crippen molar-refractivity contribution in [3.63, 3.8) is 0 Å². The number of Topliss-reactive ketones (excluding diaryl/α,β-unsaturated/α-hetero) is 1. The van der Waals surface area contributed by atoms with Gasteiger partial charge >= 0.3 is 5.97 Å². The van der Waals surface area contributed by atoms with Crippen LogP contribution in [-0.4, -0.2) is 37.9 Å². The summed E-state index contributed by atoms with van der Waals surface area (Å²) in [5.74, 6) is -1.52. The molecule has 2 aromatic heterocycles.